The molecular weight excluding hydrogens is 368 g/mol. The van der Waals surface area contributed by atoms with Gasteiger partial charge in [-0.05, 0) is 37.0 Å². The van der Waals surface area contributed by atoms with Crippen molar-refractivity contribution in [1.82, 2.24) is 10.2 Å². The Labute approximate surface area is 165 Å². The molecule has 2 heterocycles. The van der Waals surface area contributed by atoms with Gasteiger partial charge in [-0.3, -0.25) is 9.59 Å². The average molecular weight is 395 g/mol. The van der Waals surface area contributed by atoms with Crippen LogP contribution in [0.3, 0.4) is 0 Å². The number of benzene rings is 1. The fourth-order valence-electron chi connectivity index (χ4n) is 3.76. The molecule has 2 fully saturated rings. The van der Waals surface area contributed by atoms with Gasteiger partial charge in [-0.2, -0.15) is 0 Å². The number of nitrogens with one attached hydrogen (secondary N) is 1. The Balaban J connectivity index is 1.56. The summed E-state index contributed by atoms with van der Waals surface area (Å²) < 4.78 is 11.0. The number of rotatable bonds is 7. The maximum Gasteiger partial charge on any atom is 0.222 e. The van der Waals surface area contributed by atoms with E-state index in [1.54, 1.807) is 11.9 Å². The van der Waals surface area contributed by atoms with E-state index in [0.717, 1.165) is 12.0 Å². The summed E-state index contributed by atoms with van der Waals surface area (Å²) in [5.41, 5.74) is 0.737. The van der Waals surface area contributed by atoms with Gasteiger partial charge in [0.1, 0.15) is 0 Å². The summed E-state index contributed by atoms with van der Waals surface area (Å²) in [4.78, 5) is 26.2. The smallest absolute Gasteiger partial charge is 0.222 e. The summed E-state index contributed by atoms with van der Waals surface area (Å²) in [5.74, 6) is 0.110. The number of ether oxygens (including phenoxy) is 2. The molecule has 0 radical (unpaired) electrons. The first-order valence-corrected chi connectivity index (χ1v) is 9.82. The maximum absolute atomic E-state index is 12.6. The molecule has 7 heteroatoms. The van der Waals surface area contributed by atoms with Crippen molar-refractivity contribution in [2.45, 2.75) is 43.7 Å². The van der Waals surface area contributed by atoms with Crippen LogP contribution in [0, 0.1) is 0 Å². The first kappa shape index (κ1) is 20.1. The van der Waals surface area contributed by atoms with Crippen LogP contribution >= 0.6 is 11.6 Å². The van der Waals surface area contributed by atoms with Crippen LogP contribution in [-0.4, -0.2) is 61.8 Å². The van der Waals surface area contributed by atoms with Crippen LogP contribution < -0.4 is 5.32 Å². The summed E-state index contributed by atoms with van der Waals surface area (Å²) in [7, 11) is 1.79. The number of carbonyl (C=O) groups excluding carboxylic acids is 2. The molecule has 3 rings (SSSR count). The van der Waals surface area contributed by atoms with E-state index in [9.17, 15) is 9.59 Å². The first-order chi connectivity index (χ1) is 13.0. The van der Waals surface area contributed by atoms with Crippen LogP contribution in [-0.2, 0) is 25.5 Å². The number of nitrogens with zero attached hydrogens (tertiary/aromatic N) is 1. The molecule has 2 saturated heterocycles. The molecule has 2 amide bonds. The molecule has 0 aromatic heterocycles. The fourth-order valence-corrected chi connectivity index (χ4v) is 3.89. The molecule has 27 heavy (non-hydrogen) atoms. The predicted octanol–water partition coefficient (Wildman–Crippen LogP) is 2.19. The van der Waals surface area contributed by atoms with Gasteiger partial charge in [0.2, 0.25) is 11.8 Å². The zero-order valence-electron chi connectivity index (χ0n) is 15.7. The SMILES string of the molecule is CN(CC1COCCO1)C(=O)CCC1(Cc2ccc(Cl)cc2)CCC(=O)N1. The number of carbonyl (C=O) groups is 2. The molecule has 2 atom stereocenters. The molecule has 0 bridgehead atoms. The highest BCUT2D eigenvalue weighted by atomic mass is 35.5. The summed E-state index contributed by atoms with van der Waals surface area (Å²) in [6.07, 6.45) is 2.88. The number of amides is 2. The van der Waals surface area contributed by atoms with Crippen molar-refractivity contribution < 1.29 is 19.1 Å². The molecule has 0 spiro atoms. The van der Waals surface area contributed by atoms with Crippen LogP contribution in [0.5, 0.6) is 0 Å². The molecule has 2 aliphatic rings. The molecule has 1 aromatic carbocycles. The summed E-state index contributed by atoms with van der Waals surface area (Å²) >= 11 is 5.96. The van der Waals surface area contributed by atoms with Crippen LogP contribution in [0.1, 0.15) is 31.2 Å². The molecule has 6 nitrogen and oxygen atoms in total. The topological polar surface area (TPSA) is 67.9 Å². The van der Waals surface area contributed by atoms with Gasteiger partial charge in [0.25, 0.3) is 0 Å². The molecule has 0 aliphatic carbocycles. The third-order valence-corrected chi connectivity index (χ3v) is 5.55. The highest BCUT2D eigenvalue weighted by Crippen LogP contribution is 2.30. The maximum atomic E-state index is 12.6. The van der Waals surface area contributed by atoms with Gasteiger partial charge in [0.05, 0.1) is 25.9 Å². The zero-order chi connectivity index (χ0) is 19.3. The third-order valence-electron chi connectivity index (χ3n) is 5.30. The molecule has 2 unspecified atom stereocenters. The van der Waals surface area contributed by atoms with Crippen molar-refractivity contribution >= 4 is 23.4 Å². The summed E-state index contributed by atoms with van der Waals surface area (Å²) in [6.45, 7) is 2.23. The van der Waals surface area contributed by atoms with E-state index in [0.29, 0.717) is 57.1 Å². The van der Waals surface area contributed by atoms with Gasteiger partial charge >= 0.3 is 0 Å². The Bertz CT molecular complexity index is 660. The van der Waals surface area contributed by atoms with Gasteiger partial charge < -0.3 is 19.7 Å². The monoisotopic (exact) mass is 394 g/mol. The normalized spacial score (nSPS) is 25.3. The Kier molecular flexibility index (Phi) is 6.73. The van der Waals surface area contributed by atoms with E-state index >= 15 is 0 Å². The Hall–Kier alpha value is -1.63. The van der Waals surface area contributed by atoms with Gasteiger partial charge in [-0.1, -0.05) is 23.7 Å². The lowest BCUT2D eigenvalue weighted by Crippen LogP contribution is -2.45. The predicted molar refractivity (Wildman–Crippen MR) is 103 cm³/mol. The molecule has 1 aromatic rings. The first-order valence-electron chi connectivity index (χ1n) is 9.45. The third kappa shape index (κ3) is 5.67. The largest absolute Gasteiger partial charge is 0.376 e. The van der Waals surface area contributed by atoms with E-state index in [2.05, 4.69) is 5.32 Å². The Morgan fingerprint density at radius 1 is 1.33 bits per heavy atom. The minimum atomic E-state index is -0.369. The minimum absolute atomic E-state index is 0.0533. The second-order valence-electron chi connectivity index (χ2n) is 7.47. The molecule has 2 aliphatic heterocycles. The van der Waals surface area contributed by atoms with Crippen molar-refractivity contribution in [3.63, 3.8) is 0 Å². The van der Waals surface area contributed by atoms with E-state index in [4.69, 9.17) is 21.1 Å². The van der Waals surface area contributed by atoms with Crippen molar-refractivity contribution in [2.24, 2.45) is 0 Å². The van der Waals surface area contributed by atoms with E-state index in [1.165, 1.54) is 0 Å². The lowest BCUT2D eigenvalue weighted by atomic mass is 9.85. The van der Waals surface area contributed by atoms with Crippen molar-refractivity contribution in [3.8, 4) is 0 Å². The van der Waals surface area contributed by atoms with Gasteiger partial charge in [0.15, 0.2) is 0 Å². The number of halogens is 1. The zero-order valence-corrected chi connectivity index (χ0v) is 16.5. The van der Waals surface area contributed by atoms with E-state index in [-0.39, 0.29) is 23.5 Å². The number of hydrogen-bond acceptors (Lipinski definition) is 4. The summed E-state index contributed by atoms with van der Waals surface area (Å²) in [5, 5.41) is 3.81. The Morgan fingerprint density at radius 3 is 2.74 bits per heavy atom. The van der Waals surface area contributed by atoms with Crippen LogP contribution in [0.25, 0.3) is 0 Å². The van der Waals surface area contributed by atoms with Gasteiger partial charge in [-0.15, -0.1) is 0 Å². The lowest BCUT2D eigenvalue weighted by molar-refractivity contribution is -0.136. The average Bonchev–Trinajstić information content (AvgIpc) is 3.03. The standard InChI is InChI=1S/C20H27ClN2O4/c1-23(13-17-14-26-10-11-27-17)19(25)7-9-20(8-6-18(24)22-20)12-15-2-4-16(21)5-3-15/h2-5,17H,6-14H2,1H3,(H,22,24). The van der Waals surface area contributed by atoms with E-state index in [1.807, 2.05) is 24.3 Å². The highest BCUT2D eigenvalue weighted by molar-refractivity contribution is 6.30. The quantitative estimate of drug-likeness (QED) is 0.769. The van der Waals surface area contributed by atoms with Crippen LogP contribution in [0.4, 0.5) is 0 Å². The Morgan fingerprint density at radius 2 is 2.11 bits per heavy atom. The molecule has 0 saturated carbocycles. The summed E-state index contributed by atoms with van der Waals surface area (Å²) in [6, 6.07) is 7.66. The number of likely N-dealkylation sites (N-methyl/N-ethyl adjacent to an activating group) is 1. The van der Waals surface area contributed by atoms with Crippen molar-refractivity contribution in [3.05, 3.63) is 34.9 Å². The fraction of sp³-hybridized carbons (Fsp3) is 0.600. The van der Waals surface area contributed by atoms with E-state index < -0.39 is 0 Å². The van der Waals surface area contributed by atoms with Crippen molar-refractivity contribution in [2.75, 3.05) is 33.4 Å². The minimum Gasteiger partial charge on any atom is -0.376 e. The number of hydrogen-bond donors (Lipinski definition) is 1. The van der Waals surface area contributed by atoms with Crippen LogP contribution in [0.2, 0.25) is 5.02 Å². The molecular formula is C20H27ClN2O4. The van der Waals surface area contributed by atoms with Gasteiger partial charge in [-0.25, -0.2) is 0 Å². The van der Waals surface area contributed by atoms with Gasteiger partial charge in [0, 0.05) is 37.0 Å². The molecule has 1 N–H and O–H groups in total. The van der Waals surface area contributed by atoms with Crippen LogP contribution in [0.15, 0.2) is 24.3 Å². The second kappa shape index (κ2) is 9.04. The second-order valence-corrected chi connectivity index (χ2v) is 7.91. The highest BCUT2D eigenvalue weighted by Gasteiger charge is 2.38. The lowest BCUT2D eigenvalue weighted by Gasteiger charge is -2.31. The van der Waals surface area contributed by atoms with Crippen molar-refractivity contribution in [1.29, 1.82) is 0 Å². The molecule has 148 valence electrons.